The van der Waals surface area contributed by atoms with E-state index in [2.05, 4.69) is 13.2 Å². The fourth-order valence-electron chi connectivity index (χ4n) is 1.25. The van der Waals surface area contributed by atoms with E-state index in [4.69, 9.17) is 9.47 Å². The summed E-state index contributed by atoms with van der Waals surface area (Å²) in [5.41, 5.74) is 1.56. The second-order valence-corrected chi connectivity index (χ2v) is 3.39. The van der Waals surface area contributed by atoms with Crippen molar-refractivity contribution in [3.05, 3.63) is 60.7 Å². The first kappa shape index (κ1) is 13.7. The molecular formula is C14H14O4. The number of hydrogen-bond donors (Lipinski definition) is 0. The minimum Gasteiger partial charge on any atom is -0.458 e. The van der Waals surface area contributed by atoms with Crippen LogP contribution in [0.25, 0.3) is 0 Å². The third kappa shape index (κ3) is 4.25. The lowest BCUT2D eigenvalue weighted by Gasteiger charge is -2.09. The van der Waals surface area contributed by atoms with Crippen LogP contribution in [0.3, 0.4) is 0 Å². The molecule has 0 bridgehead atoms. The number of ether oxygens (including phenoxy) is 2. The van der Waals surface area contributed by atoms with Crippen LogP contribution in [0.4, 0.5) is 0 Å². The minimum absolute atomic E-state index is 0.118. The third-order valence-electron chi connectivity index (χ3n) is 2.19. The number of hydrogen-bond acceptors (Lipinski definition) is 4. The monoisotopic (exact) mass is 246 g/mol. The van der Waals surface area contributed by atoms with E-state index >= 15 is 0 Å². The van der Waals surface area contributed by atoms with Crippen LogP contribution < -0.4 is 0 Å². The van der Waals surface area contributed by atoms with Gasteiger partial charge in [0, 0.05) is 12.2 Å². The highest BCUT2D eigenvalue weighted by molar-refractivity contribution is 5.81. The molecule has 4 heteroatoms. The summed E-state index contributed by atoms with van der Waals surface area (Å²) < 4.78 is 9.87. The molecule has 0 saturated heterocycles. The maximum atomic E-state index is 11.0. The summed E-state index contributed by atoms with van der Waals surface area (Å²) in [5, 5.41) is 0. The van der Waals surface area contributed by atoms with Gasteiger partial charge in [-0.3, -0.25) is 0 Å². The molecule has 0 heterocycles. The molecule has 94 valence electrons. The largest absolute Gasteiger partial charge is 0.458 e. The van der Waals surface area contributed by atoms with E-state index in [1.54, 1.807) is 12.1 Å². The lowest BCUT2D eigenvalue weighted by molar-refractivity contribution is -0.140. The molecule has 0 N–H and O–H groups in total. The third-order valence-corrected chi connectivity index (χ3v) is 2.19. The lowest BCUT2D eigenvalue weighted by Crippen LogP contribution is -2.06. The molecule has 0 aromatic heterocycles. The number of carbonyl (C=O) groups excluding carboxylic acids is 2. The fourth-order valence-corrected chi connectivity index (χ4v) is 1.25. The molecule has 0 spiro atoms. The predicted octanol–water partition coefficient (Wildman–Crippen LogP) is 2.14. The Morgan fingerprint density at radius 3 is 1.67 bits per heavy atom. The molecule has 1 aromatic carbocycles. The van der Waals surface area contributed by atoms with Gasteiger partial charge in [-0.25, -0.2) is 9.59 Å². The number of rotatable bonds is 6. The van der Waals surface area contributed by atoms with Gasteiger partial charge >= 0.3 is 11.9 Å². The fraction of sp³-hybridized carbons (Fsp3) is 0.143. The molecule has 0 fully saturated rings. The Kier molecular flexibility index (Phi) is 5.38. The summed E-state index contributed by atoms with van der Waals surface area (Å²) in [5.74, 6) is -0.985. The van der Waals surface area contributed by atoms with E-state index in [1.165, 1.54) is 0 Å². The van der Waals surface area contributed by atoms with Gasteiger partial charge in [0.05, 0.1) is 0 Å². The Morgan fingerprint density at radius 1 is 0.944 bits per heavy atom. The molecule has 18 heavy (non-hydrogen) atoms. The van der Waals surface area contributed by atoms with Crippen LogP contribution in [0.2, 0.25) is 0 Å². The molecule has 1 aromatic rings. The highest BCUT2D eigenvalue weighted by Crippen LogP contribution is 2.12. The van der Waals surface area contributed by atoms with Crippen molar-refractivity contribution in [3.63, 3.8) is 0 Å². The second-order valence-electron chi connectivity index (χ2n) is 3.39. The van der Waals surface area contributed by atoms with Crippen LogP contribution in [0.5, 0.6) is 0 Å². The average Bonchev–Trinajstić information content (AvgIpc) is 2.42. The highest BCUT2D eigenvalue weighted by Gasteiger charge is 2.06. The molecule has 4 nitrogen and oxygen atoms in total. The van der Waals surface area contributed by atoms with Crippen LogP contribution in [-0.4, -0.2) is 11.9 Å². The topological polar surface area (TPSA) is 52.6 Å². The quantitative estimate of drug-likeness (QED) is 0.570. The Hall–Kier alpha value is -2.36. The molecule has 0 aliphatic carbocycles. The summed E-state index contributed by atoms with van der Waals surface area (Å²) >= 11 is 0. The van der Waals surface area contributed by atoms with Crippen molar-refractivity contribution < 1.29 is 19.1 Å². The van der Waals surface area contributed by atoms with Crippen molar-refractivity contribution >= 4 is 11.9 Å². The Labute approximate surface area is 106 Å². The van der Waals surface area contributed by atoms with Crippen molar-refractivity contribution in [1.82, 2.24) is 0 Å². The molecule has 0 radical (unpaired) electrons. The first-order valence-corrected chi connectivity index (χ1v) is 5.32. The van der Waals surface area contributed by atoms with E-state index in [-0.39, 0.29) is 13.2 Å². The normalized spacial score (nSPS) is 9.33. The standard InChI is InChI=1S/C14H14O4/c1-3-13(15)17-9-11-7-5-6-8-12(11)10-18-14(16)4-2/h3-8H,1-2,9-10H2. The summed E-state index contributed by atoms with van der Waals surface area (Å²) in [7, 11) is 0. The van der Waals surface area contributed by atoms with Gasteiger partial charge < -0.3 is 9.47 Å². The van der Waals surface area contributed by atoms with Gasteiger partial charge in [0.25, 0.3) is 0 Å². The molecular weight excluding hydrogens is 232 g/mol. The molecule has 0 saturated carbocycles. The highest BCUT2D eigenvalue weighted by atomic mass is 16.5. The zero-order chi connectivity index (χ0) is 13.4. The van der Waals surface area contributed by atoms with Crippen molar-refractivity contribution in [2.75, 3.05) is 0 Å². The maximum absolute atomic E-state index is 11.0. The Bertz CT molecular complexity index is 420. The summed E-state index contributed by atoms with van der Waals surface area (Å²) in [6.07, 6.45) is 2.20. The van der Waals surface area contributed by atoms with Crippen LogP contribution in [0.15, 0.2) is 49.6 Å². The number of esters is 2. The molecule has 0 atom stereocenters. The number of carbonyl (C=O) groups is 2. The van der Waals surface area contributed by atoms with Gasteiger partial charge in [0.2, 0.25) is 0 Å². The van der Waals surface area contributed by atoms with Crippen molar-refractivity contribution in [2.45, 2.75) is 13.2 Å². The molecule has 0 amide bonds. The van der Waals surface area contributed by atoms with Crippen molar-refractivity contribution in [3.8, 4) is 0 Å². The van der Waals surface area contributed by atoms with Crippen LogP contribution in [0.1, 0.15) is 11.1 Å². The van der Waals surface area contributed by atoms with Crippen molar-refractivity contribution in [2.24, 2.45) is 0 Å². The van der Waals surface area contributed by atoms with Gasteiger partial charge in [-0.05, 0) is 11.1 Å². The summed E-state index contributed by atoms with van der Waals surface area (Å²) in [6.45, 7) is 6.86. The maximum Gasteiger partial charge on any atom is 0.330 e. The predicted molar refractivity (Wildman–Crippen MR) is 66.4 cm³/mol. The smallest absolute Gasteiger partial charge is 0.330 e. The van der Waals surface area contributed by atoms with E-state index in [9.17, 15) is 9.59 Å². The molecule has 0 aliphatic heterocycles. The minimum atomic E-state index is -0.493. The zero-order valence-electron chi connectivity index (χ0n) is 9.93. The summed E-state index contributed by atoms with van der Waals surface area (Å²) in [6, 6.07) is 7.23. The second kappa shape index (κ2) is 7.06. The Morgan fingerprint density at radius 2 is 1.33 bits per heavy atom. The van der Waals surface area contributed by atoms with Crippen LogP contribution in [0, 0.1) is 0 Å². The van der Waals surface area contributed by atoms with Crippen LogP contribution in [-0.2, 0) is 32.3 Å². The molecule has 1 rings (SSSR count). The molecule has 0 unspecified atom stereocenters. The first-order valence-electron chi connectivity index (χ1n) is 5.32. The number of benzene rings is 1. The van der Waals surface area contributed by atoms with Gasteiger partial charge in [-0.1, -0.05) is 37.4 Å². The first-order chi connectivity index (χ1) is 8.67. The van der Waals surface area contributed by atoms with E-state index in [0.717, 1.165) is 23.3 Å². The van der Waals surface area contributed by atoms with Crippen LogP contribution >= 0.6 is 0 Å². The summed E-state index contributed by atoms with van der Waals surface area (Å²) in [4.78, 5) is 21.9. The Balaban J connectivity index is 2.66. The van der Waals surface area contributed by atoms with Crippen molar-refractivity contribution in [1.29, 1.82) is 0 Å². The van der Waals surface area contributed by atoms with E-state index in [0.29, 0.717) is 0 Å². The molecule has 0 aliphatic rings. The van der Waals surface area contributed by atoms with Gasteiger partial charge in [-0.15, -0.1) is 0 Å². The zero-order valence-corrected chi connectivity index (χ0v) is 9.93. The van der Waals surface area contributed by atoms with E-state index < -0.39 is 11.9 Å². The average molecular weight is 246 g/mol. The lowest BCUT2D eigenvalue weighted by atomic mass is 10.1. The van der Waals surface area contributed by atoms with Gasteiger partial charge in [0.15, 0.2) is 0 Å². The SMILES string of the molecule is C=CC(=O)OCc1ccccc1COC(=O)C=C. The van der Waals surface area contributed by atoms with E-state index in [1.807, 2.05) is 12.1 Å². The van der Waals surface area contributed by atoms with Gasteiger partial charge in [-0.2, -0.15) is 0 Å². The van der Waals surface area contributed by atoms with Gasteiger partial charge in [0.1, 0.15) is 13.2 Å².